The fraction of sp³-hybridized carbons (Fsp3) is 0.615. The van der Waals surface area contributed by atoms with Gasteiger partial charge in [0, 0.05) is 32.4 Å². The highest BCUT2D eigenvalue weighted by Crippen LogP contribution is 2.24. The van der Waals surface area contributed by atoms with Crippen molar-refractivity contribution in [3.63, 3.8) is 0 Å². The van der Waals surface area contributed by atoms with E-state index in [1.807, 2.05) is 12.3 Å². The molecular formula is C13H21N3. The number of aromatic nitrogens is 1. The highest BCUT2D eigenvalue weighted by Gasteiger charge is 2.26. The van der Waals surface area contributed by atoms with Gasteiger partial charge in [0.05, 0.1) is 5.69 Å². The minimum atomic E-state index is 0.537. The van der Waals surface area contributed by atoms with E-state index in [0.29, 0.717) is 6.54 Å². The Bertz CT molecular complexity index is 341. The van der Waals surface area contributed by atoms with E-state index in [1.165, 1.54) is 18.7 Å². The van der Waals surface area contributed by atoms with Gasteiger partial charge in [-0.15, -0.1) is 0 Å². The van der Waals surface area contributed by atoms with Gasteiger partial charge in [-0.3, -0.25) is 9.88 Å². The van der Waals surface area contributed by atoms with Crippen molar-refractivity contribution >= 4 is 0 Å². The lowest BCUT2D eigenvalue weighted by atomic mass is 10.0. The van der Waals surface area contributed by atoms with Gasteiger partial charge in [0.1, 0.15) is 0 Å². The molecule has 0 aromatic carbocycles. The lowest BCUT2D eigenvalue weighted by Crippen LogP contribution is -2.21. The van der Waals surface area contributed by atoms with Gasteiger partial charge in [0.15, 0.2) is 0 Å². The molecule has 1 aliphatic heterocycles. The van der Waals surface area contributed by atoms with Gasteiger partial charge in [-0.1, -0.05) is 19.9 Å². The van der Waals surface area contributed by atoms with Gasteiger partial charge < -0.3 is 5.73 Å². The van der Waals surface area contributed by atoms with Crippen LogP contribution in [0.1, 0.15) is 25.1 Å². The Kier molecular flexibility index (Phi) is 3.56. The van der Waals surface area contributed by atoms with Crippen LogP contribution in [0, 0.1) is 11.8 Å². The largest absolute Gasteiger partial charge is 0.325 e. The molecule has 0 amide bonds. The molecule has 3 nitrogen and oxygen atoms in total. The van der Waals surface area contributed by atoms with E-state index < -0.39 is 0 Å². The Hall–Kier alpha value is -0.930. The fourth-order valence-electron chi connectivity index (χ4n) is 2.42. The summed E-state index contributed by atoms with van der Waals surface area (Å²) >= 11 is 0. The van der Waals surface area contributed by atoms with Gasteiger partial charge in [0.2, 0.25) is 0 Å². The first-order chi connectivity index (χ1) is 7.70. The molecular weight excluding hydrogens is 198 g/mol. The van der Waals surface area contributed by atoms with E-state index in [1.54, 1.807) is 0 Å². The Labute approximate surface area is 97.7 Å². The fourth-order valence-corrected chi connectivity index (χ4v) is 2.42. The summed E-state index contributed by atoms with van der Waals surface area (Å²) in [5, 5.41) is 0. The average Bonchev–Trinajstić information content (AvgIpc) is 2.59. The number of rotatable bonds is 3. The smallest absolute Gasteiger partial charge is 0.0584 e. The highest BCUT2D eigenvalue weighted by molar-refractivity contribution is 5.19. The van der Waals surface area contributed by atoms with Crippen LogP contribution in [0.4, 0.5) is 0 Å². The summed E-state index contributed by atoms with van der Waals surface area (Å²) in [4.78, 5) is 6.83. The summed E-state index contributed by atoms with van der Waals surface area (Å²) in [6, 6.07) is 4.14. The molecule has 0 radical (unpaired) electrons. The van der Waals surface area contributed by atoms with E-state index in [-0.39, 0.29) is 0 Å². The third-order valence-corrected chi connectivity index (χ3v) is 3.64. The maximum atomic E-state index is 5.70. The molecule has 1 aromatic heterocycles. The first-order valence-corrected chi connectivity index (χ1v) is 6.06. The van der Waals surface area contributed by atoms with Crippen LogP contribution in [-0.4, -0.2) is 23.0 Å². The molecule has 2 unspecified atom stereocenters. The molecule has 2 atom stereocenters. The predicted molar refractivity (Wildman–Crippen MR) is 65.7 cm³/mol. The van der Waals surface area contributed by atoms with Crippen LogP contribution in [-0.2, 0) is 13.1 Å². The van der Waals surface area contributed by atoms with Gasteiger partial charge >= 0.3 is 0 Å². The Morgan fingerprint density at radius 3 is 2.69 bits per heavy atom. The van der Waals surface area contributed by atoms with E-state index in [9.17, 15) is 0 Å². The Morgan fingerprint density at radius 1 is 1.38 bits per heavy atom. The molecule has 1 aromatic rings. The summed E-state index contributed by atoms with van der Waals surface area (Å²) in [5.74, 6) is 1.61. The molecule has 1 saturated heterocycles. The van der Waals surface area contributed by atoms with E-state index in [2.05, 4.69) is 29.8 Å². The van der Waals surface area contributed by atoms with Gasteiger partial charge in [-0.05, 0) is 23.5 Å². The third kappa shape index (κ3) is 2.42. The standard InChI is InChI=1S/C13H21N3/c1-10-7-16(8-11(10)2)9-12-4-3-5-15-13(12)6-14/h3-5,10-11H,6-9,14H2,1-2H3. The SMILES string of the molecule is CC1CN(Cc2cccnc2CN)CC1C. The topological polar surface area (TPSA) is 42.2 Å². The van der Waals surface area contributed by atoms with Crippen LogP contribution in [0.5, 0.6) is 0 Å². The monoisotopic (exact) mass is 219 g/mol. The number of pyridine rings is 1. The van der Waals surface area contributed by atoms with E-state index in [4.69, 9.17) is 5.73 Å². The zero-order valence-corrected chi connectivity index (χ0v) is 10.2. The summed E-state index contributed by atoms with van der Waals surface area (Å²) < 4.78 is 0. The van der Waals surface area contributed by atoms with Crippen molar-refractivity contribution in [1.29, 1.82) is 0 Å². The number of hydrogen-bond donors (Lipinski definition) is 1. The Balaban J connectivity index is 2.04. The number of likely N-dealkylation sites (tertiary alicyclic amines) is 1. The van der Waals surface area contributed by atoms with Gasteiger partial charge in [0.25, 0.3) is 0 Å². The van der Waals surface area contributed by atoms with Crippen molar-refractivity contribution in [3.8, 4) is 0 Å². The van der Waals surface area contributed by atoms with Crippen LogP contribution in [0.2, 0.25) is 0 Å². The van der Waals surface area contributed by atoms with Gasteiger partial charge in [-0.2, -0.15) is 0 Å². The molecule has 16 heavy (non-hydrogen) atoms. The van der Waals surface area contributed by atoms with Crippen molar-refractivity contribution < 1.29 is 0 Å². The lowest BCUT2D eigenvalue weighted by Gasteiger charge is -2.16. The molecule has 3 heteroatoms. The summed E-state index contributed by atoms with van der Waals surface area (Å²) in [5.41, 5.74) is 8.02. The molecule has 0 bridgehead atoms. The molecule has 1 fully saturated rings. The van der Waals surface area contributed by atoms with Crippen LogP contribution >= 0.6 is 0 Å². The zero-order valence-electron chi connectivity index (χ0n) is 10.2. The highest BCUT2D eigenvalue weighted by atomic mass is 15.1. The van der Waals surface area contributed by atoms with Gasteiger partial charge in [-0.25, -0.2) is 0 Å². The second kappa shape index (κ2) is 4.93. The van der Waals surface area contributed by atoms with Crippen LogP contribution in [0.25, 0.3) is 0 Å². The second-order valence-corrected chi connectivity index (χ2v) is 4.96. The van der Waals surface area contributed by atoms with Crippen molar-refractivity contribution in [2.75, 3.05) is 13.1 Å². The van der Waals surface area contributed by atoms with Crippen molar-refractivity contribution in [1.82, 2.24) is 9.88 Å². The molecule has 2 rings (SSSR count). The maximum absolute atomic E-state index is 5.70. The number of hydrogen-bond acceptors (Lipinski definition) is 3. The van der Waals surface area contributed by atoms with E-state index >= 15 is 0 Å². The van der Waals surface area contributed by atoms with Crippen LogP contribution in [0.15, 0.2) is 18.3 Å². The van der Waals surface area contributed by atoms with E-state index in [0.717, 1.165) is 24.1 Å². The lowest BCUT2D eigenvalue weighted by molar-refractivity contribution is 0.314. The third-order valence-electron chi connectivity index (χ3n) is 3.64. The number of nitrogens with zero attached hydrogens (tertiary/aromatic N) is 2. The predicted octanol–water partition coefficient (Wildman–Crippen LogP) is 1.63. The molecule has 88 valence electrons. The minimum Gasteiger partial charge on any atom is -0.325 e. The average molecular weight is 219 g/mol. The molecule has 1 aliphatic rings. The summed E-state index contributed by atoms with van der Waals surface area (Å²) in [7, 11) is 0. The molecule has 2 heterocycles. The first-order valence-electron chi connectivity index (χ1n) is 6.06. The second-order valence-electron chi connectivity index (χ2n) is 4.96. The van der Waals surface area contributed by atoms with Crippen molar-refractivity contribution in [2.24, 2.45) is 17.6 Å². The molecule has 0 aliphatic carbocycles. The number of nitrogens with two attached hydrogens (primary N) is 1. The Morgan fingerprint density at radius 2 is 2.06 bits per heavy atom. The van der Waals surface area contributed by atoms with Crippen LogP contribution < -0.4 is 5.73 Å². The van der Waals surface area contributed by atoms with Crippen molar-refractivity contribution in [2.45, 2.75) is 26.9 Å². The van der Waals surface area contributed by atoms with Crippen LogP contribution in [0.3, 0.4) is 0 Å². The quantitative estimate of drug-likeness (QED) is 0.840. The summed E-state index contributed by atoms with van der Waals surface area (Å²) in [6.45, 7) is 8.58. The zero-order chi connectivity index (χ0) is 11.5. The maximum Gasteiger partial charge on any atom is 0.0584 e. The minimum absolute atomic E-state index is 0.537. The summed E-state index contributed by atoms with van der Waals surface area (Å²) in [6.07, 6.45) is 1.82. The first kappa shape index (κ1) is 11.6. The molecule has 0 spiro atoms. The molecule has 2 N–H and O–H groups in total. The molecule has 0 saturated carbocycles. The normalized spacial score (nSPS) is 26.2. The van der Waals surface area contributed by atoms with Crippen molar-refractivity contribution in [3.05, 3.63) is 29.6 Å².